The fourth-order valence-electron chi connectivity index (χ4n) is 7.32. The van der Waals surface area contributed by atoms with Gasteiger partial charge in [-0.2, -0.15) is 0 Å². The summed E-state index contributed by atoms with van der Waals surface area (Å²) in [6.45, 7) is 0. The van der Waals surface area contributed by atoms with E-state index in [2.05, 4.69) is 114 Å². The molecule has 2 heterocycles. The van der Waals surface area contributed by atoms with Crippen LogP contribution in [0.1, 0.15) is 11.1 Å². The van der Waals surface area contributed by atoms with Crippen LogP contribution in [0.25, 0.3) is 95.7 Å². The Labute approximate surface area is 283 Å². The number of nitrogens with zero attached hydrogens (tertiary/aromatic N) is 4. The van der Waals surface area contributed by atoms with Crippen molar-refractivity contribution in [1.82, 2.24) is 19.5 Å². The first-order valence-corrected chi connectivity index (χ1v) is 16.5. The van der Waals surface area contributed by atoms with Gasteiger partial charge in [-0.3, -0.25) is 0 Å². The summed E-state index contributed by atoms with van der Waals surface area (Å²) in [4.78, 5) is 14.8. The average molecular weight is 625 g/mol. The van der Waals surface area contributed by atoms with E-state index in [1.165, 1.54) is 43.7 Å². The summed E-state index contributed by atoms with van der Waals surface area (Å²) in [7, 11) is 0. The van der Waals surface area contributed by atoms with E-state index in [-0.39, 0.29) is 0 Å². The molecule has 1 aliphatic carbocycles. The molecule has 0 saturated carbocycles. The smallest absolute Gasteiger partial charge is 0.164 e. The molecular formula is C45H28N4. The average Bonchev–Trinajstić information content (AvgIpc) is 3.42. The van der Waals surface area contributed by atoms with Gasteiger partial charge in [0.05, 0.1) is 11.0 Å². The Hall–Kier alpha value is -6.65. The second-order valence-electron chi connectivity index (χ2n) is 12.5. The standard InChI is InChI=1S/C45H28N4/c1-3-11-32(12-4-1)43-46-44(33-13-5-2-6-14-33)48-45(47-43)36-20-8-18-34(27-36)35-19-9-21-37(28-35)49-38-22-10-17-31-24-23-29-15-7-16-30-25-26-39(49)42(40(29)30)41(31)38/h1-28H. The number of benzene rings is 7. The van der Waals surface area contributed by atoms with Crippen LogP contribution in [0.2, 0.25) is 0 Å². The van der Waals surface area contributed by atoms with E-state index in [9.17, 15) is 0 Å². The quantitative estimate of drug-likeness (QED) is 0.191. The van der Waals surface area contributed by atoms with Gasteiger partial charge in [-0.1, -0.05) is 140 Å². The molecule has 7 aromatic carbocycles. The van der Waals surface area contributed by atoms with Gasteiger partial charge in [0.15, 0.2) is 17.5 Å². The summed E-state index contributed by atoms with van der Waals surface area (Å²) in [6.07, 6.45) is 4.52. The molecule has 228 valence electrons. The Bertz CT molecular complexity index is 2700. The van der Waals surface area contributed by atoms with E-state index in [0.717, 1.165) is 33.5 Å². The van der Waals surface area contributed by atoms with Gasteiger partial charge in [0.25, 0.3) is 0 Å². The molecule has 0 fully saturated rings. The van der Waals surface area contributed by atoms with Crippen molar-refractivity contribution in [1.29, 1.82) is 0 Å². The van der Waals surface area contributed by atoms with Crippen molar-refractivity contribution in [2.45, 2.75) is 0 Å². The van der Waals surface area contributed by atoms with Crippen molar-refractivity contribution >= 4 is 44.7 Å². The van der Waals surface area contributed by atoms with Gasteiger partial charge in [0.2, 0.25) is 0 Å². The zero-order valence-electron chi connectivity index (χ0n) is 26.5. The lowest BCUT2D eigenvalue weighted by Gasteiger charge is -2.12. The van der Waals surface area contributed by atoms with E-state index >= 15 is 0 Å². The van der Waals surface area contributed by atoms with Crippen LogP contribution in [0.3, 0.4) is 0 Å². The Morgan fingerprint density at radius 1 is 0.347 bits per heavy atom. The highest BCUT2D eigenvalue weighted by molar-refractivity contribution is 6.26. The van der Waals surface area contributed by atoms with E-state index in [4.69, 9.17) is 15.0 Å². The third-order valence-electron chi connectivity index (χ3n) is 9.56. The van der Waals surface area contributed by atoms with Gasteiger partial charge in [-0.05, 0) is 63.4 Å². The highest BCUT2D eigenvalue weighted by Gasteiger charge is 2.20. The number of rotatable bonds is 5. The normalized spacial score (nSPS) is 12.0. The topological polar surface area (TPSA) is 43.6 Å². The Morgan fingerprint density at radius 2 is 0.878 bits per heavy atom. The van der Waals surface area contributed by atoms with Crippen molar-refractivity contribution in [3.05, 3.63) is 169 Å². The number of hydrogen-bond donors (Lipinski definition) is 0. The molecule has 0 unspecified atom stereocenters. The zero-order valence-corrected chi connectivity index (χ0v) is 26.5. The summed E-state index contributed by atoms with van der Waals surface area (Å²) in [5, 5.41) is 5.19. The maximum atomic E-state index is 4.97. The van der Waals surface area contributed by atoms with Crippen LogP contribution in [0, 0.1) is 0 Å². The molecule has 9 aromatic rings. The molecule has 0 amide bonds. The summed E-state index contributed by atoms with van der Waals surface area (Å²) < 4.78 is 2.42. The molecule has 1 aliphatic rings. The third kappa shape index (κ3) is 4.49. The molecule has 10 rings (SSSR count). The molecule has 0 N–H and O–H groups in total. The van der Waals surface area contributed by atoms with E-state index in [0.29, 0.717) is 17.5 Å². The van der Waals surface area contributed by atoms with Crippen molar-refractivity contribution in [2.75, 3.05) is 0 Å². The van der Waals surface area contributed by atoms with Crippen molar-refractivity contribution in [2.24, 2.45) is 0 Å². The van der Waals surface area contributed by atoms with Crippen LogP contribution in [0.4, 0.5) is 0 Å². The minimum Gasteiger partial charge on any atom is -0.309 e. The lowest BCUT2D eigenvalue weighted by Crippen LogP contribution is -2.00. The molecule has 2 aromatic heterocycles. The second-order valence-corrected chi connectivity index (χ2v) is 12.5. The fourth-order valence-corrected chi connectivity index (χ4v) is 7.32. The van der Waals surface area contributed by atoms with Crippen LogP contribution >= 0.6 is 0 Å². The predicted octanol–water partition coefficient (Wildman–Crippen LogP) is 11.3. The van der Waals surface area contributed by atoms with Crippen LogP contribution in [0.15, 0.2) is 158 Å². The highest BCUT2D eigenvalue weighted by atomic mass is 15.0. The molecule has 0 bridgehead atoms. The van der Waals surface area contributed by atoms with Gasteiger partial charge >= 0.3 is 0 Å². The monoisotopic (exact) mass is 624 g/mol. The maximum Gasteiger partial charge on any atom is 0.164 e. The summed E-state index contributed by atoms with van der Waals surface area (Å²) in [5.41, 5.74) is 11.1. The summed E-state index contributed by atoms with van der Waals surface area (Å²) in [5.74, 6) is 1.95. The SMILES string of the molecule is C1=Cc2cccc3c2c2c4c1cccc4ccc2n3-c1cccc(-c2cccc(-c3nc(-c4ccccc4)nc(-c4ccccc4)n3)c2)c1. The summed E-state index contributed by atoms with van der Waals surface area (Å²) >= 11 is 0. The molecule has 0 spiro atoms. The lowest BCUT2D eigenvalue weighted by atomic mass is 10.00. The van der Waals surface area contributed by atoms with Crippen LogP contribution in [0.5, 0.6) is 0 Å². The molecule has 0 radical (unpaired) electrons. The fraction of sp³-hybridized carbons (Fsp3) is 0. The first kappa shape index (κ1) is 27.5. The summed E-state index contributed by atoms with van der Waals surface area (Å²) in [6, 6.07) is 55.3. The van der Waals surface area contributed by atoms with Crippen LogP contribution in [-0.4, -0.2) is 19.5 Å². The Kier molecular flexibility index (Phi) is 6.15. The Balaban J connectivity index is 1.13. The van der Waals surface area contributed by atoms with Crippen LogP contribution in [-0.2, 0) is 0 Å². The van der Waals surface area contributed by atoms with E-state index < -0.39 is 0 Å². The predicted molar refractivity (Wildman–Crippen MR) is 202 cm³/mol. The lowest BCUT2D eigenvalue weighted by molar-refractivity contribution is 1.07. The number of hydrogen-bond acceptors (Lipinski definition) is 3. The number of aromatic nitrogens is 4. The highest BCUT2D eigenvalue weighted by Crippen LogP contribution is 2.42. The van der Waals surface area contributed by atoms with E-state index in [1.807, 2.05) is 60.7 Å². The molecule has 0 aliphatic heterocycles. The second kappa shape index (κ2) is 11.0. The molecule has 0 atom stereocenters. The zero-order chi connectivity index (χ0) is 32.3. The van der Waals surface area contributed by atoms with Crippen molar-refractivity contribution in [3.63, 3.8) is 0 Å². The third-order valence-corrected chi connectivity index (χ3v) is 9.56. The molecule has 49 heavy (non-hydrogen) atoms. The van der Waals surface area contributed by atoms with Gasteiger partial charge in [-0.25, -0.2) is 15.0 Å². The molecule has 4 nitrogen and oxygen atoms in total. The Morgan fingerprint density at radius 3 is 1.59 bits per heavy atom. The minimum atomic E-state index is 0.644. The first-order valence-electron chi connectivity index (χ1n) is 16.5. The molecular weight excluding hydrogens is 597 g/mol. The maximum absolute atomic E-state index is 4.97. The van der Waals surface area contributed by atoms with Gasteiger partial charge in [-0.15, -0.1) is 0 Å². The molecule has 4 heteroatoms. The van der Waals surface area contributed by atoms with Crippen molar-refractivity contribution in [3.8, 4) is 51.0 Å². The molecule has 0 saturated heterocycles. The largest absolute Gasteiger partial charge is 0.309 e. The van der Waals surface area contributed by atoms with Crippen LogP contribution < -0.4 is 0 Å². The van der Waals surface area contributed by atoms with Crippen molar-refractivity contribution < 1.29 is 0 Å². The van der Waals surface area contributed by atoms with E-state index in [1.54, 1.807) is 0 Å². The van der Waals surface area contributed by atoms with Gasteiger partial charge in [0, 0.05) is 33.2 Å². The minimum absolute atomic E-state index is 0.644. The van der Waals surface area contributed by atoms with Gasteiger partial charge in [0.1, 0.15) is 0 Å². The van der Waals surface area contributed by atoms with Gasteiger partial charge < -0.3 is 4.57 Å². The first-order chi connectivity index (χ1) is 24.3.